The molecular weight excluding hydrogens is 366 g/mol. The largest absolute Gasteiger partial charge is 0.508 e. The summed E-state index contributed by atoms with van der Waals surface area (Å²) in [5.41, 5.74) is 3.54. The minimum atomic E-state index is 0.260. The van der Waals surface area contributed by atoms with Crippen LogP contribution in [0.15, 0.2) is 54.6 Å². The highest BCUT2D eigenvalue weighted by Gasteiger charge is 2.21. The van der Waals surface area contributed by atoms with Gasteiger partial charge in [0.15, 0.2) is 0 Å². The van der Waals surface area contributed by atoms with Crippen molar-refractivity contribution in [3.63, 3.8) is 0 Å². The van der Waals surface area contributed by atoms with Crippen LogP contribution in [0.5, 0.6) is 5.75 Å². The molecule has 5 rings (SSSR count). The van der Waals surface area contributed by atoms with Gasteiger partial charge < -0.3 is 10.4 Å². The predicted octanol–water partition coefficient (Wildman–Crippen LogP) is 5.61. The van der Waals surface area contributed by atoms with Crippen molar-refractivity contribution < 1.29 is 5.11 Å². The van der Waals surface area contributed by atoms with Crippen LogP contribution in [0.1, 0.15) is 34.7 Å². The predicted molar refractivity (Wildman–Crippen MR) is 115 cm³/mol. The molecule has 0 bridgehead atoms. The van der Waals surface area contributed by atoms with Crippen LogP contribution in [-0.2, 0) is 19.3 Å². The number of nitrogens with one attached hydrogen (secondary N) is 1. The third kappa shape index (κ3) is 3.34. The van der Waals surface area contributed by atoms with Gasteiger partial charge in [-0.25, -0.2) is 9.97 Å². The molecule has 2 aromatic heterocycles. The summed E-state index contributed by atoms with van der Waals surface area (Å²) in [7, 11) is 0. The van der Waals surface area contributed by atoms with E-state index < -0.39 is 0 Å². The average molecular weight is 388 g/mol. The van der Waals surface area contributed by atoms with Gasteiger partial charge in [0.05, 0.1) is 5.39 Å². The van der Waals surface area contributed by atoms with E-state index in [0.29, 0.717) is 6.42 Å². The Hall–Kier alpha value is -2.92. The Morgan fingerprint density at radius 2 is 1.71 bits per heavy atom. The van der Waals surface area contributed by atoms with Crippen molar-refractivity contribution >= 4 is 33.1 Å². The van der Waals surface area contributed by atoms with Crippen molar-refractivity contribution in [2.75, 3.05) is 5.32 Å². The number of aromatic hydroxyl groups is 1. The number of fused-ring (bicyclic) bond motifs is 3. The minimum absolute atomic E-state index is 0.260. The van der Waals surface area contributed by atoms with E-state index in [9.17, 15) is 5.11 Å². The molecule has 2 heterocycles. The van der Waals surface area contributed by atoms with Gasteiger partial charge in [-0.15, -0.1) is 11.3 Å². The van der Waals surface area contributed by atoms with Crippen LogP contribution >= 0.6 is 11.3 Å². The van der Waals surface area contributed by atoms with E-state index in [2.05, 4.69) is 17.4 Å². The molecule has 0 saturated heterocycles. The van der Waals surface area contributed by atoms with Crippen LogP contribution < -0.4 is 5.32 Å². The zero-order valence-electron chi connectivity index (χ0n) is 15.5. The summed E-state index contributed by atoms with van der Waals surface area (Å²) < 4.78 is 0. The Bertz CT molecular complexity index is 1120. The molecule has 2 aromatic carbocycles. The molecular formula is C23H21N3OS. The highest BCUT2D eigenvalue weighted by molar-refractivity contribution is 7.19. The zero-order chi connectivity index (χ0) is 18.9. The summed E-state index contributed by atoms with van der Waals surface area (Å²) in [6, 6.07) is 17.5. The summed E-state index contributed by atoms with van der Waals surface area (Å²) in [5.74, 6) is 1.97. The maximum Gasteiger partial charge on any atom is 0.143 e. The standard InChI is InChI=1S/C23H21N3OS/c27-17-12-10-16(11-13-17)24-22-21-18-8-4-5-9-19(18)28-23(21)26-20(25-22)14-15-6-2-1-3-7-15/h1-3,6-7,10-13,27H,4-5,8-9,14H2,(H,24,25,26). The second-order valence-electron chi connectivity index (χ2n) is 7.21. The van der Waals surface area contributed by atoms with Gasteiger partial charge >= 0.3 is 0 Å². The molecule has 1 aliphatic rings. The van der Waals surface area contributed by atoms with E-state index in [1.165, 1.54) is 34.2 Å². The van der Waals surface area contributed by atoms with Crippen molar-refractivity contribution in [1.82, 2.24) is 9.97 Å². The number of rotatable bonds is 4. The number of hydrogen-bond donors (Lipinski definition) is 2. The number of phenols is 1. The third-order valence-electron chi connectivity index (χ3n) is 5.20. The summed E-state index contributed by atoms with van der Waals surface area (Å²) in [6.45, 7) is 0. The summed E-state index contributed by atoms with van der Waals surface area (Å²) in [5, 5.41) is 14.2. The number of thiophene rings is 1. The lowest BCUT2D eigenvalue weighted by Gasteiger charge is -2.13. The lowest BCUT2D eigenvalue weighted by atomic mass is 9.97. The molecule has 28 heavy (non-hydrogen) atoms. The molecule has 0 spiro atoms. The first kappa shape index (κ1) is 17.2. The molecule has 1 aliphatic carbocycles. The molecule has 0 radical (unpaired) electrons. The third-order valence-corrected chi connectivity index (χ3v) is 6.38. The molecule has 5 heteroatoms. The van der Waals surface area contributed by atoms with Crippen molar-refractivity contribution in [2.45, 2.75) is 32.1 Å². The first-order valence-corrected chi connectivity index (χ1v) is 10.5. The van der Waals surface area contributed by atoms with Crippen LogP contribution in [0.4, 0.5) is 11.5 Å². The van der Waals surface area contributed by atoms with E-state index in [1.807, 2.05) is 41.7 Å². The lowest BCUT2D eigenvalue weighted by Crippen LogP contribution is -2.04. The van der Waals surface area contributed by atoms with Crippen molar-refractivity contribution in [3.05, 3.63) is 76.4 Å². The van der Waals surface area contributed by atoms with Crippen molar-refractivity contribution in [3.8, 4) is 5.75 Å². The van der Waals surface area contributed by atoms with E-state index in [4.69, 9.17) is 9.97 Å². The molecule has 0 saturated carbocycles. The van der Waals surface area contributed by atoms with Crippen molar-refractivity contribution in [2.24, 2.45) is 0 Å². The highest BCUT2D eigenvalue weighted by Crippen LogP contribution is 2.39. The fourth-order valence-electron chi connectivity index (χ4n) is 3.83. The second kappa shape index (κ2) is 7.24. The average Bonchev–Trinajstić information content (AvgIpc) is 3.09. The Morgan fingerprint density at radius 1 is 0.929 bits per heavy atom. The van der Waals surface area contributed by atoms with Gasteiger partial charge in [-0.05, 0) is 61.1 Å². The van der Waals surface area contributed by atoms with Crippen LogP contribution in [0.3, 0.4) is 0 Å². The van der Waals surface area contributed by atoms with E-state index in [0.717, 1.165) is 35.0 Å². The van der Waals surface area contributed by atoms with Gasteiger partial charge in [0.2, 0.25) is 0 Å². The number of hydrogen-bond acceptors (Lipinski definition) is 5. The maximum absolute atomic E-state index is 9.58. The summed E-state index contributed by atoms with van der Waals surface area (Å²) >= 11 is 1.82. The Morgan fingerprint density at radius 3 is 2.54 bits per heavy atom. The Labute approximate surface area is 167 Å². The zero-order valence-corrected chi connectivity index (χ0v) is 16.3. The lowest BCUT2D eigenvalue weighted by molar-refractivity contribution is 0.475. The number of aryl methyl sites for hydroxylation is 2. The number of anilines is 2. The smallest absolute Gasteiger partial charge is 0.143 e. The van der Waals surface area contributed by atoms with E-state index in [1.54, 1.807) is 12.1 Å². The molecule has 4 nitrogen and oxygen atoms in total. The monoisotopic (exact) mass is 387 g/mol. The van der Waals surface area contributed by atoms with Gasteiger partial charge in [-0.2, -0.15) is 0 Å². The molecule has 0 amide bonds. The van der Waals surface area contributed by atoms with E-state index in [-0.39, 0.29) is 5.75 Å². The fraction of sp³-hybridized carbons (Fsp3) is 0.217. The Kier molecular flexibility index (Phi) is 4.45. The van der Waals surface area contributed by atoms with Gasteiger partial charge in [-0.1, -0.05) is 30.3 Å². The number of nitrogens with zero attached hydrogens (tertiary/aromatic N) is 2. The van der Waals surface area contributed by atoms with Crippen LogP contribution in [0.2, 0.25) is 0 Å². The summed E-state index contributed by atoms with van der Waals surface area (Å²) in [6.07, 6.45) is 5.43. The quantitative estimate of drug-likeness (QED) is 0.447. The summed E-state index contributed by atoms with van der Waals surface area (Å²) in [4.78, 5) is 12.4. The maximum atomic E-state index is 9.58. The molecule has 2 N–H and O–H groups in total. The first-order chi connectivity index (χ1) is 13.8. The molecule has 0 fully saturated rings. The number of aromatic nitrogens is 2. The molecule has 0 aliphatic heterocycles. The second-order valence-corrected chi connectivity index (χ2v) is 8.30. The number of benzene rings is 2. The van der Waals surface area contributed by atoms with Gasteiger partial charge in [0, 0.05) is 17.0 Å². The van der Waals surface area contributed by atoms with Gasteiger partial charge in [0.25, 0.3) is 0 Å². The molecule has 140 valence electrons. The molecule has 0 atom stereocenters. The molecule has 0 unspecified atom stereocenters. The minimum Gasteiger partial charge on any atom is -0.508 e. The van der Waals surface area contributed by atoms with Crippen molar-refractivity contribution in [1.29, 1.82) is 0 Å². The normalized spacial score (nSPS) is 13.4. The first-order valence-electron chi connectivity index (χ1n) is 9.67. The highest BCUT2D eigenvalue weighted by atomic mass is 32.1. The van der Waals surface area contributed by atoms with Crippen LogP contribution in [0, 0.1) is 0 Å². The number of phenolic OH excluding ortho intramolecular Hbond substituents is 1. The van der Waals surface area contributed by atoms with Crippen LogP contribution in [0.25, 0.3) is 10.2 Å². The van der Waals surface area contributed by atoms with Gasteiger partial charge in [0.1, 0.15) is 22.2 Å². The van der Waals surface area contributed by atoms with E-state index >= 15 is 0 Å². The topological polar surface area (TPSA) is 58.0 Å². The molecule has 4 aromatic rings. The fourth-order valence-corrected chi connectivity index (χ4v) is 5.11. The van der Waals surface area contributed by atoms with Gasteiger partial charge in [-0.3, -0.25) is 0 Å². The Balaban J connectivity index is 1.61. The van der Waals surface area contributed by atoms with Crippen LogP contribution in [-0.4, -0.2) is 15.1 Å². The SMILES string of the molecule is Oc1ccc(Nc2nc(Cc3ccccc3)nc3sc4c(c23)CCCC4)cc1.